The zero-order valence-electron chi connectivity index (χ0n) is 37.2. The predicted octanol–water partition coefficient (Wildman–Crippen LogP) is 5.26. The average Bonchev–Trinajstić information content (AvgIpc) is 4.16. The molecule has 0 bridgehead atoms. The van der Waals surface area contributed by atoms with Gasteiger partial charge >= 0.3 is 0 Å². The molecule has 2 aromatic heterocycles. The summed E-state index contributed by atoms with van der Waals surface area (Å²) in [6, 6.07) is 14.6. The van der Waals surface area contributed by atoms with Gasteiger partial charge in [-0.3, -0.25) is 19.2 Å². The highest BCUT2D eigenvalue weighted by Gasteiger charge is 2.40. The summed E-state index contributed by atoms with van der Waals surface area (Å²) in [6.45, 7) is 9.52. The van der Waals surface area contributed by atoms with E-state index >= 15 is 0 Å². The molecule has 2 saturated heterocycles. The number of hydrogen-bond donors (Lipinski definition) is 4. The van der Waals surface area contributed by atoms with Crippen LogP contribution in [0.4, 0.5) is 0 Å². The molecule has 64 heavy (non-hydrogen) atoms. The van der Waals surface area contributed by atoms with Gasteiger partial charge < -0.3 is 44.6 Å². The van der Waals surface area contributed by atoms with Crippen molar-refractivity contribution in [2.24, 2.45) is 11.8 Å². The van der Waals surface area contributed by atoms with Crippen molar-refractivity contribution in [3.63, 3.8) is 0 Å². The highest BCUT2D eigenvalue weighted by Crippen LogP contribution is 2.34. The molecular weight excluding hydrogens is 813 g/mol. The van der Waals surface area contributed by atoms with Crippen LogP contribution in [-0.2, 0) is 33.4 Å². The molecule has 15 heteroatoms. The van der Waals surface area contributed by atoms with E-state index in [1.54, 1.807) is 6.20 Å². The van der Waals surface area contributed by atoms with Gasteiger partial charge in [0, 0.05) is 57.6 Å². The molecule has 0 radical (unpaired) electrons. The first-order valence-electron chi connectivity index (χ1n) is 21.9. The largest absolute Gasteiger partial charge is 0.471 e. The van der Waals surface area contributed by atoms with Gasteiger partial charge in [0.1, 0.15) is 29.8 Å². The normalized spacial score (nSPS) is 19.9. The van der Waals surface area contributed by atoms with Crippen LogP contribution in [0.1, 0.15) is 81.3 Å². The Morgan fingerprint density at radius 2 is 1.14 bits per heavy atom. The van der Waals surface area contributed by atoms with Gasteiger partial charge in [-0.05, 0) is 93.8 Å². The number of aromatic amines is 2. The summed E-state index contributed by atoms with van der Waals surface area (Å²) < 4.78 is 14.9. The van der Waals surface area contributed by atoms with Crippen molar-refractivity contribution >= 4 is 24.2 Å². The summed E-state index contributed by atoms with van der Waals surface area (Å²) >= 11 is 0. The zero-order chi connectivity index (χ0) is 45.2. The highest BCUT2D eigenvalue weighted by molar-refractivity contribution is 5.88. The maximum absolute atomic E-state index is 14.0. The number of likely N-dealkylation sites (N-methyl/N-ethyl adjacent to an activating group) is 1. The number of nitrogens with zero attached hydrogens (tertiary/aromatic N) is 4. The first-order valence-corrected chi connectivity index (χ1v) is 21.9. The van der Waals surface area contributed by atoms with Crippen LogP contribution in [0.15, 0.2) is 84.2 Å². The van der Waals surface area contributed by atoms with Gasteiger partial charge in [0.15, 0.2) is 0 Å². The molecule has 0 spiro atoms. The Bertz CT molecular complexity index is 2380. The fraction of sp³-hybridized carbons (Fsp3) is 0.429. The number of imidazole rings is 2. The molecule has 4 N–H and O–H groups in total. The topological polar surface area (TPSA) is 184 Å². The summed E-state index contributed by atoms with van der Waals surface area (Å²) in [4.78, 5) is 69.0. The van der Waals surface area contributed by atoms with Gasteiger partial charge in [0.2, 0.25) is 17.7 Å². The number of aromatic nitrogens is 4. The van der Waals surface area contributed by atoms with Crippen LogP contribution in [0.2, 0.25) is 0 Å². The fourth-order valence-corrected chi connectivity index (χ4v) is 8.94. The molecule has 3 amide bonds. The second kappa shape index (κ2) is 21.4. The van der Waals surface area contributed by atoms with Crippen LogP contribution in [0.25, 0.3) is 22.5 Å². The summed E-state index contributed by atoms with van der Waals surface area (Å²) in [7, 11) is 3.18. The number of carbonyl (C=O) groups excluding carboxylic acids is 4. The number of carbonyl (C=O) groups is 4. The summed E-state index contributed by atoms with van der Waals surface area (Å²) in [5.74, 6) is 8.04. The van der Waals surface area contributed by atoms with Crippen LogP contribution >= 0.6 is 0 Å². The molecule has 6 heterocycles. The number of methoxy groups -OCH3 is 1. The van der Waals surface area contributed by atoms with Crippen LogP contribution in [0.5, 0.6) is 0 Å². The van der Waals surface area contributed by atoms with E-state index in [1.165, 1.54) is 14.0 Å². The van der Waals surface area contributed by atoms with E-state index in [2.05, 4.69) is 56.3 Å². The molecule has 4 atom stereocenters. The monoisotopic (exact) mass is 870 g/mol. The smallest absolute Gasteiger partial charge is 0.292 e. The molecule has 4 unspecified atom stereocenters. The van der Waals surface area contributed by atoms with Crippen LogP contribution in [-0.4, -0.2) is 120 Å². The fourth-order valence-electron chi connectivity index (χ4n) is 8.94. The lowest BCUT2D eigenvalue weighted by Crippen LogP contribution is -2.53. The molecule has 2 fully saturated rings. The predicted molar refractivity (Wildman–Crippen MR) is 241 cm³/mol. The van der Waals surface area contributed by atoms with Crippen molar-refractivity contribution in [2.45, 2.75) is 70.6 Å². The zero-order valence-corrected chi connectivity index (χ0v) is 37.2. The Labute approximate surface area is 374 Å². The first-order chi connectivity index (χ1) is 31.1. The van der Waals surface area contributed by atoms with Crippen LogP contribution in [0, 0.1) is 23.7 Å². The Morgan fingerprint density at radius 1 is 0.734 bits per heavy atom. The second-order valence-corrected chi connectivity index (χ2v) is 16.8. The Balaban J connectivity index is 0.00000147. The molecule has 4 aliphatic rings. The average molecular weight is 871 g/mol. The number of hydrogen-bond acceptors (Lipinski definition) is 10. The van der Waals surface area contributed by atoms with E-state index in [-0.39, 0.29) is 47.7 Å². The molecule has 8 rings (SSSR count). The molecule has 4 aromatic rings. The van der Waals surface area contributed by atoms with Crippen molar-refractivity contribution in [2.75, 3.05) is 53.7 Å². The number of benzene rings is 2. The van der Waals surface area contributed by atoms with Gasteiger partial charge in [-0.25, -0.2) is 9.97 Å². The first kappa shape index (κ1) is 45.7. The Kier molecular flexibility index (Phi) is 15.2. The third-order valence-electron chi connectivity index (χ3n) is 12.2. The minimum absolute atomic E-state index is 0.0239. The van der Waals surface area contributed by atoms with Crippen molar-refractivity contribution in [3.8, 4) is 34.4 Å². The summed E-state index contributed by atoms with van der Waals surface area (Å²) in [5, 5.41) is 6.23. The highest BCUT2D eigenvalue weighted by atomic mass is 16.5. The third kappa shape index (κ3) is 10.9. The van der Waals surface area contributed by atoms with E-state index in [9.17, 15) is 14.4 Å². The lowest BCUT2D eigenvalue weighted by molar-refractivity contribution is -0.139. The number of H-pyrrole nitrogens is 2. The second-order valence-electron chi connectivity index (χ2n) is 16.8. The summed E-state index contributed by atoms with van der Waals surface area (Å²) in [6.07, 6.45) is 11.0. The van der Waals surface area contributed by atoms with Gasteiger partial charge in [-0.2, -0.15) is 0 Å². The van der Waals surface area contributed by atoms with Crippen molar-refractivity contribution in [1.29, 1.82) is 0 Å². The van der Waals surface area contributed by atoms with Gasteiger partial charge in [-0.15, -0.1) is 0 Å². The molecule has 0 saturated carbocycles. The number of rotatable bonds is 11. The van der Waals surface area contributed by atoms with Gasteiger partial charge in [0.05, 0.1) is 36.9 Å². The minimum Gasteiger partial charge on any atom is -0.471 e. The van der Waals surface area contributed by atoms with E-state index in [1.807, 2.05) is 78.5 Å². The Hall–Kier alpha value is -6.34. The third-order valence-corrected chi connectivity index (χ3v) is 12.2. The van der Waals surface area contributed by atoms with Crippen molar-refractivity contribution in [3.05, 3.63) is 107 Å². The molecular formula is C49H58N8O7. The maximum atomic E-state index is 14.0. The van der Waals surface area contributed by atoms with Gasteiger partial charge in [-0.1, -0.05) is 59.4 Å². The molecule has 2 aromatic carbocycles. The molecule has 15 nitrogen and oxygen atoms in total. The Morgan fingerprint density at radius 3 is 1.53 bits per heavy atom. The van der Waals surface area contributed by atoms with E-state index in [4.69, 9.17) is 24.2 Å². The lowest BCUT2D eigenvalue weighted by Gasteiger charge is -2.34. The quantitative estimate of drug-likeness (QED) is 0.0882. The molecule has 336 valence electrons. The lowest BCUT2D eigenvalue weighted by atomic mass is 9.90. The van der Waals surface area contributed by atoms with Crippen molar-refractivity contribution < 1.29 is 33.4 Å². The minimum atomic E-state index is -0.604. The summed E-state index contributed by atoms with van der Waals surface area (Å²) in [5.41, 5.74) is 7.64. The van der Waals surface area contributed by atoms with Crippen molar-refractivity contribution in [1.82, 2.24) is 40.4 Å². The number of amides is 3. The van der Waals surface area contributed by atoms with Crippen LogP contribution in [0.3, 0.4) is 0 Å². The van der Waals surface area contributed by atoms with E-state index in [0.717, 1.165) is 76.3 Å². The number of nitrogens with one attached hydrogen (secondary N) is 4. The van der Waals surface area contributed by atoms with E-state index in [0.29, 0.717) is 51.8 Å². The van der Waals surface area contributed by atoms with Gasteiger partial charge in [0.25, 0.3) is 6.47 Å². The molecule has 0 aliphatic carbocycles. The number of ether oxygens (including phenoxy) is 3. The standard InChI is InChI=1S/C47H54N8O5.C2H4O2/c1-29-23-40(54(27-29)46(57)42(48-4)36-15-19-59-20-16-36)44-49-25-38(52-44)34-11-7-32(8-12-34)5-6-33-9-13-35(14-10-33)39-26-50-45(53-39)41-24-30(2)28-55(41)47(58)43(51-31(3)56)37-17-21-60-22-18-37;1-4-2-3/h7-14,23-26,36-37,40-43,48H,15-22,27-28H2,1-4H3,(H,49,52)(H,50,53)(H,51,56);2H,1H3. The van der Waals surface area contributed by atoms with Crippen LogP contribution < -0.4 is 10.6 Å². The molecule has 4 aliphatic heterocycles. The SMILES string of the molecule is CNC(C(=O)N1CC(C)=CC1c1ncc(-c2ccc(C#Cc3ccc(-c4cnc(C5C=C(C)CN5C(=O)C(NC(C)=O)C5CCOCC5)[nH]4)cc3)cc2)[nH]1)C1CCOCC1.COC=O. The maximum Gasteiger partial charge on any atom is 0.292 e. The van der Waals surface area contributed by atoms with E-state index < -0.39 is 6.04 Å².